The van der Waals surface area contributed by atoms with Crippen molar-refractivity contribution in [2.24, 2.45) is 5.73 Å². The van der Waals surface area contributed by atoms with E-state index in [0.717, 1.165) is 18.3 Å². The van der Waals surface area contributed by atoms with Crippen LogP contribution in [0.1, 0.15) is 18.1 Å². The van der Waals surface area contributed by atoms with Crippen LogP contribution in [0.3, 0.4) is 0 Å². The number of carbonyl (C=O) groups is 2. The number of phenols is 1. The molecular weight excluding hydrogens is 689 g/mol. The summed E-state index contributed by atoms with van der Waals surface area (Å²) in [5.41, 5.74) is 6.98. The maximum absolute atomic E-state index is 11.6. The van der Waals surface area contributed by atoms with Gasteiger partial charge in [0.25, 0.3) is 0 Å². The fourth-order valence-electron chi connectivity index (χ4n) is 2.41. The highest BCUT2D eigenvalue weighted by molar-refractivity contribution is 14.1. The van der Waals surface area contributed by atoms with Crippen LogP contribution in [-0.4, -0.2) is 23.0 Å². The standard InChI is InChI=1S/C18H17I3N2O4/c1-8-3-11(7-12(19)16(8)25)27-17-13(20)4-10(5-14(17)21)6-15(18(22)26)23-9(2)24/h3-5,7,15,25H,6H2,1-2H3,(H2,22,26)(H,23,24)/t15-/m0/s1. The predicted octanol–water partition coefficient (Wildman–Crippen LogP) is 3.84. The van der Waals surface area contributed by atoms with Gasteiger partial charge in [0.2, 0.25) is 11.8 Å². The summed E-state index contributed by atoms with van der Waals surface area (Å²) in [6, 6.07) is 6.57. The van der Waals surface area contributed by atoms with Crippen LogP contribution in [0.25, 0.3) is 0 Å². The lowest BCUT2D eigenvalue weighted by molar-refractivity contribution is -0.126. The van der Waals surface area contributed by atoms with Crippen molar-refractivity contribution in [3.05, 3.63) is 46.1 Å². The van der Waals surface area contributed by atoms with Crippen molar-refractivity contribution in [1.82, 2.24) is 5.32 Å². The van der Waals surface area contributed by atoms with E-state index in [0.29, 0.717) is 21.5 Å². The van der Waals surface area contributed by atoms with Crippen LogP contribution in [0, 0.1) is 17.6 Å². The number of hydrogen-bond acceptors (Lipinski definition) is 4. The number of carbonyl (C=O) groups excluding carboxylic acids is 2. The first-order valence-corrected chi connectivity index (χ1v) is 11.0. The molecular formula is C18H17I3N2O4. The fourth-order valence-corrected chi connectivity index (χ4v) is 5.26. The Kier molecular flexibility index (Phi) is 7.97. The molecule has 0 aliphatic rings. The lowest BCUT2D eigenvalue weighted by Crippen LogP contribution is -2.45. The van der Waals surface area contributed by atoms with Gasteiger partial charge in [0.05, 0.1) is 10.7 Å². The summed E-state index contributed by atoms with van der Waals surface area (Å²) in [5.74, 6) is 0.686. The molecule has 9 heteroatoms. The van der Waals surface area contributed by atoms with Gasteiger partial charge < -0.3 is 20.9 Å². The van der Waals surface area contributed by atoms with E-state index < -0.39 is 11.9 Å². The van der Waals surface area contributed by atoms with E-state index in [1.165, 1.54) is 6.92 Å². The van der Waals surface area contributed by atoms with Crippen LogP contribution in [0.5, 0.6) is 17.2 Å². The maximum atomic E-state index is 11.6. The molecule has 4 N–H and O–H groups in total. The topological polar surface area (TPSA) is 102 Å². The Bertz CT molecular complexity index is 856. The number of aryl methyl sites for hydroxylation is 1. The number of primary amides is 1. The van der Waals surface area contributed by atoms with Gasteiger partial charge in [0.15, 0.2) is 5.75 Å². The molecule has 0 bridgehead atoms. The summed E-state index contributed by atoms with van der Waals surface area (Å²) in [7, 11) is 0. The lowest BCUT2D eigenvalue weighted by atomic mass is 10.1. The molecule has 0 aliphatic carbocycles. The normalized spacial score (nSPS) is 11.7. The van der Waals surface area contributed by atoms with Gasteiger partial charge in [0, 0.05) is 13.3 Å². The predicted molar refractivity (Wildman–Crippen MR) is 128 cm³/mol. The highest BCUT2D eigenvalue weighted by Crippen LogP contribution is 2.36. The highest BCUT2D eigenvalue weighted by Gasteiger charge is 2.19. The van der Waals surface area contributed by atoms with Gasteiger partial charge in [-0.1, -0.05) is 0 Å². The molecule has 0 heterocycles. The Morgan fingerprint density at radius 1 is 1.15 bits per heavy atom. The van der Waals surface area contributed by atoms with E-state index in [1.807, 2.05) is 19.1 Å². The van der Waals surface area contributed by atoms with E-state index in [9.17, 15) is 14.7 Å². The van der Waals surface area contributed by atoms with Crippen LogP contribution < -0.4 is 15.8 Å². The minimum Gasteiger partial charge on any atom is -0.507 e. The Morgan fingerprint density at radius 2 is 1.74 bits per heavy atom. The fraction of sp³-hybridized carbons (Fsp3) is 0.222. The number of hydrogen-bond donors (Lipinski definition) is 3. The molecule has 2 aromatic carbocycles. The Balaban J connectivity index is 2.29. The number of aromatic hydroxyl groups is 1. The highest BCUT2D eigenvalue weighted by atomic mass is 127. The molecule has 0 radical (unpaired) electrons. The minimum atomic E-state index is -0.762. The number of amides is 2. The van der Waals surface area contributed by atoms with Crippen molar-refractivity contribution in [2.75, 3.05) is 0 Å². The first kappa shape index (κ1) is 22.5. The molecule has 2 amide bonds. The van der Waals surface area contributed by atoms with Gasteiger partial charge >= 0.3 is 0 Å². The number of nitrogens with one attached hydrogen (secondary N) is 1. The number of rotatable bonds is 6. The molecule has 0 aromatic heterocycles. The third-order valence-corrected chi connectivity index (χ3v) is 6.09. The van der Waals surface area contributed by atoms with Crippen LogP contribution >= 0.6 is 67.8 Å². The number of ether oxygens (including phenoxy) is 1. The number of benzene rings is 2. The van der Waals surface area contributed by atoms with Crippen molar-refractivity contribution in [1.29, 1.82) is 0 Å². The SMILES string of the molecule is CC(=O)N[C@@H](Cc1cc(I)c(Oc2cc(C)c(O)c(I)c2)c(I)c1)C(N)=O. The first-order valence-electron chi connectivity index (χ1n) is 7.79. The van der Waals surface area contributed by atoms with Gasteiger partial charge in [-0.2, -0.15) is 0 Å². The zero-order valence-corrected chi connectivity index (χ0v) is 20.9. The molecule has 0 saturated carbocycles. The van der Waals surface area contributed by atoms with Crippen molar-refractivity contribution in [3.8, 4) is 17.2 Å². The first-order chi connectivity index (χ1) is 12.6. The minimum absolute atomic E-state index is 0.248. The van der Waals surface area contributed by atoms with E-state index >= 15 is 0 Å². The van der Waals surface area contributed by atoms with E-state index in [4.69, 9.17) is 10.5 Å². The zero-order chi connectivity index (χ0) is 20.3. The maximum Gasteiger partial charge on any atom is 0.240 e. The van der Waals surface area contributed by atoms with Crippen molar-refractivity contribution >= 4 is 79.6 Å². The molecule has 2 aromatic rings. The summed E-state index contributed by atoms with van der Waals surface area (Å²) >= 11 is 6.39. The quantitative estimate of drug-likeness (QED) is 0.398. The number of nitrogens with two attached hydrogens (primary N) is 1. The van der Waals surface area contributed by atoms with Gasteiger partial charge in [-0.3, -0.25) is 9.59 Å². The number of phenolic OH excluding ortho intramolecular Hbond substituents is 1. The summed E-state index contributed by atoms with van der Waals surface area (Å²) in [6.45, 7) is 3.16. The number of halogens is 3. The summed E-state index contributed by atoms with van der Waals surface area (Å²) in [5, 5.41) is 12.5. The van der Waals surface area contributed by atoms with Gasteiger partial charge in [-0.05, 0) is 110 Å². The van der Waals surface area contributed by atoms with Crippen molar-refractivity contribution in [2.45, 2.75) is 26.3 Å². The monoisotopic (exact) mass is 706 g/mol. The molecule has 0 spiro atoms. The smallest absolute Gasteiger partial charge is 0.240 e. The van der Waals surface area contributed by atoms with Gasteiger partial charge in [-0.25, -0.2) is 0 Å². The molecule has 144 valence electrons. The second kappa shape index (κ2) is 9.58. The van der Waals surface area contributed by atoms with Crippen LogP contribution in [0.4, 0.5) is 0 Å². The van der Waals surface area contributed by atoms with Crippen molar-refractivity contribution in [3.63, 3.8) is 0 Å². The second-order valence-electron chi connectivity index (χ2n) is 5.92. The zero-order valence-electron chi connectivity index (χ0n) is 14.5. The average molecular weight is 706 g/mol. The molecule has 0 saturated heterocycles. The average Bonchev–Trinajstić information content (AvgIpc) is 2.54. The Hall–Kier alpha value is -0.830. The van der Waals surface area contributed by atoms with E-state index in [1.54, 1.807) is 12.1 Å². The Morgan fingerprint density at radius 3 is 2.22 bits per heavy atom. The van der Waals surface area contributed by atoms with E-state index in [-0.39, 0.29) is 11.7 Å². The largest absolute Gasteiger partial charge is 0.507 e. The summed E-state index contributed by atoms with van der Waals surface area (Å²) < 4.78 is 8.47. The van der Waals surface area contributed by atoms with E-state index in [2.05, 4.69) is 73.1 Å². The Labute approximate surface area is 198 Å². The third-order valence-electron chi connectivity index (χ3n) is 3.67. The van der Waals surface area contributed by atoms with Crippen LogP contribution in [0.2, 0.25) is 0 Å². The summed E-state index contributed by atoms with van der Waals surface area (Å²) in [6.07, 6.45) is 0.303. The van der Waals surface area contributed by atoms with Crippen LogP contribution in [0.15, 0.2) is 24.3 Å². The molecule has 0 unspecified atom stereocenters. The molecule has 6 nitrogen and oxygen atoms in total. The molecule has 2 rings (SSSR count). The molecule has 0 fully saturated rings. The molecule has 27 heavy (non-hydrogen) atoms. The molecule has 1 atom stereocenters. The lowest BCUT2D eigenvalue weighted by Gasteiger charge is -2.17. The summed E-state index contributed by atoms with van der Waals surface area (Å²) in [4.78, 5) is 22.8. The van der Waals surface area contributed by atoms with Crippen LogP contribution in [-0.2, 0) is 16.0 Å². The second-order valence-corrected chi connectivity index (χ2v) is 9.41. The van der Waals surface area contributed by atoms with Gasteiger partial charge in [0.1, 0.15) is 17.5 Å². The van der Waals surface area contributed by atoms with Crippen molar-refractivity contribution < 1.29 is 19.4 Å². The van der Waals surface area contributed by atoms with Gasteiger partial charge in [-0.15, -0.1) is 0 Å². The molecule has 0 aliphatic heterocycles. The third kappa shape index (κ3) is 6.07.